The molecule has 2 amide bonds. The van der Waals surface area contributed by atoms with Gasteiger partial charge in [-0.25, -0.2) is 4.79 Å². The molecule has 0 bridgehead atoms. The first-order valence-corrected chi connectivity index (χ1v) is 12.5. The molecule has 0 spiro atoms. The van der Waals surface area contributed by atoms with Crippen LogP contribution in [0.15, 0.2) is 102 Å². The molecule has 7 heteroatoms. The van der Waals surface area contributed by atoms with Crippen molar-refractivity contribution < 1.29 is 19.5 Å². The Balaban J connectivity index is 1.57. The molecule has 6 nitrogen and oxygen atoms in total. The van der Waals surface area contributed by atoms with Crippen LogP contribution >= 0.6 is 11.8 Å². The van der Waals surface area contributed by atoms with E-state index in [1.54, 1.807) is 30.3 Å². The molecule has 1 atom stereocenters. The van der Waals surface area contributed by atoms with Gasteiger partial charge in [0.1, 0.15) is 5.25 Å². The van der Waals surface area contributed by atoms with Crippen LogP contribution in [0.5, 0.6) is 0 Å². The van der Waals surface area contributed by atoms with Crippen LogP contribution in [-0.4, -0.2) is 22.9 Å². The van der Waals surface area contributed by atoms with Crippen molar-refractivity contribution in [2.24, 2.45) is 0 Å². The Morgan fingerprint density at radius 2 is 1.43 bits per heavy atom. The summed E-state index contributed by atoms with van der Waals surface area (Å²) in [4.78, 5) is 38.6. The van der Waals surface area contributed by atoms with Crippen molar-refractivity contribution in [1.29, 1.82) is 0 Å². The van der Waals surface area contributed by atoms with E-state index in [1.807, 2.05) is 68.4 Å². The van der Waals surface area contributed by atoms with Crippen LogP contribution in [0.3, 0.4) is 0 Å². The lowest BCUT2D eigenvalue weighted by molar-refractivity contribution is -0.115. The third kappa shape index (κ3) is 6.26. The van der Waals surface area contributed by atoms with Crippen molar-refractivity contribution in [3.8, 4) is 0 Å². The Hall–Kier alpha value is -4.36. The SMILES string of the molecule is Cc1cccc(NC(=O)C(Sc2cccc(NC(=O)c3ccccc3C(=O)O)c2)c2ccccc2)c1C. The van der Waals surface area contributed by atoms with Gasteiger partial charge < -0.3 is 15.7 Å². The van der Waals surface area contributed by atoms with Crippen LogP contribution in [-0.2, 0) is 4.79 Å². The smallest absolute Gasteiger partial charge is 0.336 e. The van der Waals surface area contributed by atoms with E-state index in [1.165, 1.54) is 23.9 Å². The molecule has 0 radical (unpaired) electrons. The molecule has 3 N–H and O–H groups in total. The lowest BCUT2D eigenvalue weighted by Crippen LogP contribution is -2.20. The van der Waals surface area contributed by atoms with E-state index in [-0.39, 0.29) is 17.0 Å². The number of carboxylic acids is 1. The summed E-state index contributed by atoms with van der Waals surface area (Å²) in [5.74, 6) is -1.85. The summed E-state index contributed by atoms with van der Waals surface area (Å²) < 4.78 is 0. The average Bonchev–Trinajstić information content (AvgIpc) is 2.90. The maximum atomic E-state index is 13.5. The van der Waals surface area contributed by atoms with E-state index < -0.39 is 17.1 Å². The molecule has 186 valence electrons. The fraction of sp³-hybridized carbons (Fsp3) is 0.100. The maximum absolute atomic E-state index is 13.5. The van der Waals surface area contributed by atoms with Crippen LogP contribution in [0.4, 0.5) is 11.4 Å². The molecule has 0 aliphatic heterocycles. The highest BCUT2D eigenvalue weighted by Gasteiger charge is 2.23. The molecular weight excluding hydrogens is 484 g/mol. The first-order chi connectivity index (χ1) is 17.8. The van der Waals surface area contributed by atoms with E-state index in [0.29, 0.717) is 5.69 Å². The van der Waals surface area contributed by atoms with Gasteiger partial charge in [0.15, 0.2) is 0 Å². The average molecular weight is 511 g/mol. The van der Waals surface area contributed by atoms with Gasteiger partial charge in [0.05, 0.1) is 11.1 Å². The Labute approximate surface area is 219 Å². The number of carbonyl (C=O) groups is 3. The first-order valence-electron chi connectivity index (χ1n) is 11.7. The molecule has 1 unspecified atom stereocenters. The molecule has 4 rings (SSSR count). The fourth-order valence-electron chi connectivity index (χ4n) is 3.83. The normalized spacial score (nSPS) is 11.4. The summed E-state index contributed by atoms with van der Waals surface area (Å²) in [7, 11) is 0. The zero-order valence-corrected chi connectivity index (χ0v) is 21.2. The molecule has 0 saturated carbocycles. The minimum Gasteiger partial charge on any atom is -0.478 e. The van der Waals surface area contributed by atoms with Crippen molar-refractivity contribution in [1.82, 2.24) is 0 Å². The monoisotopic (exact) mass is 510 g/mol. The van der Waals surface area contributed by atoms with E-state index in [0.717, 1.165) is 27.3 Å². The van der Waals surface area contributed by atoms with Gasteiger partial charge in [0.25, 0.3) is 5.91 Å². The number of carbonyl (C=O) groups excluding carboxylic acids is 2. The Morgan fingerprint density at radius 1 is 0.757 bits per heavy atom. The third-order valence-corrected chi connectivity index (χ3v) is 7.20. The number of hydrogen-bond acceptors (Lipinski definition) is 4. The van der Waals surface area contributed by atoms with Gasteiger partial charge in [-0.05, 0) is 66.9 Å². The number of nitrogens with one attached hydrogen (secondary N) is 2. The van der Waals surface area contributed by atoms with Gasteiger partial charge in [0, 0.05) is 16.3 Å². The van der Waals surface area contributed by atoms with Crippen molar-refractivity contribution in [2.75, 3.05) is 10.6 Å². The van der Waals surface area contributed by atoms with Gasteiger partial charge in [-0.2, -0.15) is 0 Å². The highest BCUT2D eigenvalue weighted by Crippen LogP contribution is 2.37. The number of anilines is 2. The number of rotatable bonds is 8. The number of aryl methyl sites for hydroxylation is 1. The molecular formula is C30H26N2O4S. The highest BCUT2D eigenvalue weighted by molar-refractivity contribution is 8.00. The van der Waals surface area contributed by atoms with Crippen LogP contribution in [0.25, 0.3) is 0 Å². The summed E-state index contributed by atoms with van der Waals surface area (Å²) >= 11 is 1.37. The van der Waals surface area contributed by atoms with Gasteiger partial charge >= 0.3 is 5.97 Å². The standard InChI is InChI=1S/C30H26N2O4S/c1-19-10-8-17-26(20(19)2)32-29(34)27(21-11-4-3-5-12-21)37-23-14-9-13-22(18-23)31-28(33)24-15-6-7-16-25(24)30(35)36/h3-18,27H,1-2H3,(H,31,33)(H,32,34)(H,35,36). The lowest BCUT2D eigenvalue weighted by Gasteiger charge is -2.19. The summed E-state index contributed by atoms with van der Waals surface area (Å²) in [6, 6.07) is 28.5. The summed E-state index contributed by atoms with van der Waals surface area (Å²) in [5.41, 5.74) is 4.22. The Morgan fingerprint density at radius 3 is 2.16 bits per heavy atom. The zero-order chi connectivity index (χ0) is 26.4. The molecule has 0 fully saturated rings. The van der Waals surface area contributed by atoms with Gasteiger partial charge in [-0.15, -0.1) is 11.8 Å². The largest absolute Gasteiger partial charge is 0.478 e. The number of carboxylic acid groups (broad SMARTS) is 1. The molecule has 0 heterocycles. The van der Waals surface area contributed by atoms with Crippen molar-refractivity contribution in [3.63, 3.8) is 0 Å². The quantitative estimate of drug-likeness (QED) is 0.229. The van der Waals surface area contributed by atoms with Crippen LogP contribution in [0, 0.1) is 13.8 Å². The van der Waals surface area contributed by atoms with Crippen LogP contribution in [0.1, 0.15) is 42.7 Å². The Bertz CT molecular complexity index is 1450. The molecule has 0 aromatic heterocycles. The molecule has 0 aliphatic rings. The second-order valence-corrected chi connectivity index (χ2v) is 9.66. The van der Waals surface area contributed by atoms with Crippen molar-refractivity contribution in [2.45, 2.75) is 24.0 Å². The minimum atomic E-state index is -1.17. The topological polar surface area (TPSA) is 95.5 Å². The van der Waals surface area contributed by atoms with Gasteiger partial charge in [0.2, 0.25) is 5.91 Å². The van der Waals surface area contributed by atoms with Crippen LogP contribution in [0.2, 0.25) is 0 Å². The zero-order valence-electron chi connectivity index (χ0n) is 20.4. The van der Waals surface area contributed by atoms with Crippen molar-refractivity contribution >= 4 is 40.9 Å². The second-order valence-electron chi connectivity index (χ2n) is 8.48. The van der Waals surface area contributed by atoms with Crippen LogP contribution < -0.4 is 10.6 Å². The van der Waals surface area contributed by atoms with E-state index in [2.05, 4.69) is 10.6 Å². The number of aromatic carboxylic acids is 1. The predicted octanol–water partition coefficient (Wildman–Crippen LogP) is 6.73. The summed E-state index contributed by atoms with van der Waals surface area (Å²) in [6.07, 6.45) is 0. The lowest BCUT2D eigenvalue weighted by atomic mass is 10.1. The molecule has 0 saturated heterocycles. The summed E-state index contributed by atoms with van der Waals surface area (Å²) in [6.45, 7) is 3.98. The second kappa shape index (κ2) is 11.6. The highest BCUT2D eigenvalue weighted by atomic mass is 32.2. The molecule has 37 heavy (non-hydrogen) atoms. The predicted molar refractivity (Wildman–Crippen MR) is 147 cm³/mol. The number of amides is 2. The van der Waals surface area contributed by atoms with E-state index in [4.69, 9.17) is 0 Å². The number of benzene rings is 4. The molecule has 0 aliphatic carbocycles. The number of hydrogen-bond donors (Lipinski definition) is 3. The molecule has 4 aromatic carbocycles. The van der Waals surface area contributed by atoms with E-state index in [9.17, 15) is 19.5 Å². The first kappa shape index (κ1) is 25.7. The van der Waals surface area contributed by atoms with Crippen molar-refractivity contribution in [3.05, 3.63) is 125 Å². The fourth-order valence-corrected chi connectivity index (χ4v) is 4.92. The Kier molecular flexibility index (Phi) is 8.05. The number of thioether (sulfide) groups is 1. The van der Waals surface area contributed by atoms with Gasteiger partial charge in [-0.3, -0.25) is 9.59 Å². The van der Waals surface area contributed by atoms with E-state index >= 15 is 0 Å². The summed E-state index contributed by atoms with van der Waals surface area (Å²) in [5, 5.41) is 14.7. The minimum absolute atomic E-state index is 0.0715. The third-order valence-electron chi connectivity index (χ3n) is 5.95. The molecule has 4 aromatic rings. The maximum Gasteiger partial charge on any atom is 0.336 e. The van der Waals surface area contributed by atoms with Gasteiger partial charge in [-0.1, -0.05) is 60.7 Å².